The zero-order valence-electron chi connectivity index (χ0n) is 11.8. The largest absolute Gasteiger partial charge is 0.494 e. The number of rotatable bonds is 2. The summed E-state index contributed by atoms with van der Waals surface area (Å²) in [6.45, 7) is 0. The van der Waals surface area contributed by atoms with E-state index in [0.29, 0.717) is 16.5 Å². The first-order valence-electron chi connectivity index (χ1n) is 7.08. The molecule has 0 N–H and O–H groups in total. The highest BCUT2D eigenvalue weighted by molar-refractivity contribution is 6.30. The highest BCUT2D eigenvalue weighted by Crippen LogP contribution is 2.29. The third kappa shape index (κ3) is 2.86. The summed E-state index contributed by atoms with van der Waals surface area (Å²) in [5.74, 6) is 0.309. The number of nitrogens with zero attached hydrogens (tertiary/aromatic N) is 2. The summed E-state index contributed by atoms with van der Waals surface area (Å²) in [6, 6.07) is 4.60. The van der Waals surface area contributed by atoms with Crippen LogP contribution < -0.4 is 4.74 Å². The van der Waals surface area contributed by atoms with Crippen LogP contribution in [-0.4, -0.2) is 17.1 Å². The van der Waals surface area contributed by atoms with Crippen molar-refractivity contribution in [3.63, 3.8) is 0 Å². The molecular weight excluding hydrogens is 291 g/mol. The average Bonchev–Trinajstić information content (AvgIpc) is 2.73. The topological polar surface area (TPSA) is 35.0 Å². The number of hydrogen-bond donors (Lipinski definition) is 0. The standard InChI is InChI=1S/C16H16ClFN2O/c1-21-14-9-10(7-8-12(14)18)16-19-13-6-4-2-3-5-11(13)15(17)20-16/h7-9H,2-6H2,1H3. The van der Waals surface area contributed by atoms with Crippen LogP contribution in [-0.2, 0) is 12.8 Å². The van der Waals surface area contributed by atoms with Gasteiger partial charge in [-0.3, -0.25) is 0 Å². The van der Waals surface area contributed by atoms with Gasteiger partial charge in [0.05, 0.1) is 7.11 Å². The monoisotopic (exact) mass is 306 g/mol. The molecule has 110 valence electrons. The Morgan fingerprint density at radius 2 is 1.95 bits per heavy atom. The third-order valence-electron chi connectivity index (χ3n) is 3.79. The Hall–Kier alpha value is -1.68. The zero-order chi connectivity index (χ0) is 14.8. The molecule has 2 aromatic rings. The van der Waals surface area contributed by atoms with E-state index >= 15 is 0 Å². The fourth-order valence-electron chi connectivity index (χ4n) is 2.65. The second-order valence-electron chi connectivity index (χ2n) is 5.17. The molecule has 3 nitrogen and oxygen atoms in total. The van der Waals surface area contributed by atoms with Gasteiger partial charge in [-0.25, -0.2) is 14.4 Å². The van der Waals surface area contributed by atoms with Crippen LogP contribution in [0.2, 0.25) is 5.15 Å². The summed E-state index contributed by atoms with van der Waals surface area (Å²) in [5, 5.41) is 0.514. The summed E-state index contributed by atoms with van der Waals surface area (Å²) < 4.78 is 18.5. The summed E-state index contributed by atoms with van der Waals surface area (Å²) in [7, 11) is 1.44. The zero-order valence-corrected chi connectivity index (χ0v) is 12.6. The molecule has 1 aromatic heterocycles. The fraction of sp³-hybridized carbons (Fsp3) is 0.375. The van der Waals surface area contributed by atoms with E-state index in [1.165, 1.54) is 19.6 Å². The lowest BCUT2D eigenvalue weighted by Gasteiger charge is -2.10. The van der Waals surface area contributed by atoms with Gasteiger partial charge in [-0.05, 0) is 43.9 Å². The van der Waals surface area contributed by atoms with E-state index in [-0.39, 0.29) is 5.75 Å². The van der Waals surface area contributed by atoms with Gasteiger partial charge in [-0.2, -0.15) is 0 Å². The Morgan fingerprint density at radius 1 is 1.14 bits per heavy atom. The van der Waals surface area contributed by atoms with Crippen molar-refractivity contribution >= 4 is 11.6 Å². The minimum atomic E-state index is -0.401. The molecule has 0 fully saturated rings. The van der Waals surface area contributed by atoms with Gasteiger partial charge in [0.25, 0.3) is 0 Å². The van der Waals surface area contributed by atoms with Crippen molar-refractivity contribution in [1.29, 1.82) is 0 Å². The smallest absolute Gasteiger partial charge is 0.165 e. The van der Waals surface area contributed by atoms with Crippen molar-refractivity contribution in [3.8, 4) is 17.1 Å². The minimum Gasteiger partial charge on any atom is -0.494 e. The van der Waals surface area contributed by atoms with Gasteiger partial charge < -0.3 is 4.74 Å². The second kappa shape index (κ2) is 5.98. The van der Waals surface area contributed by atoms with Gasteiger partial charge in [0.1, 0.15) is 5.15 Å². The van der Waals surface area contributed by atoms with Crippen LogP contribution in [0.5, 0.6) is 5.75 Å². The summed E-state index contributed by atoms with van der Waals surface area (Å²) in [5.41, 5.74) is 2.79. The summed E-state index contributed by atoms with van der Waals surface area (Å²) >= 11 is 6.32. The number of ether oxygens (including phenoxy) is 1. The van der Waals surface area contributed by atoms with E-state index in [1.54, 1.807) is 12.1 Å². The maximum atomic E-state index is 13.5. The van der Waals surface area contributed by atoms with Crippen LogP contribution in [0.3, 0.4) is 0 Å². The molecule has 0 saturated carbocycles. The number of halogens is 2. The van der Waals surface area contributed by atoms with Crippen LogP contribution in [0.1, 0.15) is 30.5 Å². The van der Waals surface area contributed by atoms with Crippen molar-refractivity contribution < 1.29 is 9.13 Å². The molecule has 0 atom stereocenters. The van der Waals surface area contributed by atoms with Crippen molar-refractivity contribution in [2.75, 3.05) is 7.11 Å². The quantitative estimate of drug-likeness (QED) is 0.615. The van der Waals surface area contributed by atoms with Gasteiger partial charge >= 0.3 is 0 Å². The van der Waals surface area contributed by atoms with Crippen LogP contribution in [0.4, 0.5) is 4.39 Å². The maximum absolute atomic E-state index is 13.5. The van der Waals surface area contributed by atoms with Gasteiger partial charge in [-0.1, -0.05) is 18.0 Å². The van der Waals surface area contributed by atoms with Crippen molar-refractivity contribution in [2.45, 2.75) is 32.1 Å². The molecule has 3 rings (SSSR count). The molecule has 1 aliphatic rings. The highest BCUT2D eigenvalue weighted by Gasteiger charge is 2.17. The van der Waals surface area contributed by atoms with Gasteiger partial charge in [0.2, 0.25) is 0 Å². The Kier molecular flexibility index (Phi) is 4.06. The Balaban J connectivity index is 2.07. The molecule has 0 saturated heterocycles. The lowest BCUT2D eigenvalue weighted by Crippen LogP contribution is -2.02. The Bertz CT molecular complexity index is 676. The van der Waals surface area contributed by atoms with E-state index < -0.39 is 5.82 Å². The number of aromatic nitrogens is 2. The van der Waals surface area contributed by atoms with Crippen LogP contribution in [0, 0.1) is 5.82 Å². The Labute approximate surface area is 128 Å². The van der Waals surface area contributed by atoms with Gasteiger partial charge in [0.15, 0.2) is 17.4 Å². The molecule has 0 radical (unpaired) electrons. The molecule has 5 heteroatoms. The molecule has 0 bridgehead atoms. The molecule has 0 amide bonds. The average molecular weight is 307 g/mol. The number of aryl methyl sites for hydroxylation is 1. The first-order valence-corrected chi connectivity index (χ1v) is 7.46. The van der Waals surface area contributed by atoms with E-state index in [0.717, 1.165) is 36.9 Å². The minimum absolute atomic E-state index is 0.183. The van der Waals surface area contributed by atoms with Crippen molar-refractivity contribution in [2.24, 2.45) is 0 Å². The predicted molar refractivity (Wildman–Crippen MR) is 80.2 cm³/mol. The van der Waals surface area contributed by atoms with Crippen LogP contribution >= 0.6 is 11.6 Å². The van der Waals surface area contributed by atoms with Crippen LogP contribution in [0.15, 0.2) is 18.2 Å². The van der Waals surface area contributed by atoms with Crippen LogP contribution in [0.25, 0.3) is 11.4 Å². The number of fused-ring (bicyclic) bond motifs is 1. The summed E-state index contributed by atoms with van der Waals surface area (Å²) in [4.78, 5) is 9.02. The molecule has 1 heterocycles. The fourth-order valence-corrected chi connectivity index (χ4v) is 2.94. The molecular formula is C16H16ClFN2O. The van der Waals surface area contributed by atoms with Crippen molar-refractivity contribution in [3.05, 3.63) is 40.4 Å². The number of benzene rings is 1. The van der Waals surface area contributed by atoms with Gasteiger partial charge in [-0.15, -0.1) is 0 Å². The van der Waals surface area contributed by atoms with E-state index in [4.69, 9.17) is 16.3 Å². The maximum Gasteiger partial charge on any atom is 0.165 e. The molecule has 0 unspecified atom stereocenters. The highest BCUT2D eigenvalue weighted by atomic mass is 35.5. The summed E-state index contributed by atoms with van der Waals surface area (Å²) in [6.07, 6.45) is 5.28. The molecule has 21 heavy (non-hydrogen) atoms. The van der Waals surface area contributed by atoms with E-state index in [9.17, 15) is 4.39 Å². The number of hydrogen-bond acceptors (Lipinski definition) is 3. The molecule has 0 spiro atoms. The van der Waals surface area contributed by atoms with Gasteiger partial charge in [0, 0.05) is 16.8 Å². The molecule has 0 aliphatic heterocycles. The first-order chi connectivity index (χ1) is 10.2. The first kappa shape index (κ1) is 14.3. The molecule has 1 aromatic carbocycles. The lowest BCUT2D eigenvalue weighted by molar-refractivity contribution is 0.386. The molecule has 1 aliphatic carbocycles. The SMILES string of the molecule is COc1cc(-c2nc(Cl)c3c(n2)CCCCC3)ccc1F. The third-order valence-corrected chi connectivity index (χ3v) is 4.10. The van der Waals surface area contributed by atoms with E-state index in [1.807, 2.05) is 0 Å². The van der Waals surface area contributed by atoms with E-state index in [2.05, 4.69) is 9.97 Å². The predicted octanol–water partition coefficient (Wildman–Crippen LogP) is 4.21. The normalized spacial score (nSPS) is 14.4. The lowest BCUT2D eigenvalue weighted by atomic mass is 10.1. The number of methoxy groups -OCH3 is 1. The second-order valence-corrected chi connectivity index (χ2v) is 5.53. The van der Waals surface area contributed by atoms with Crippen molar-refractivity contribution in [1.82, 2.24) is 9.97 Å². The Morgan fingerprint density at radius 3 is 2.76 bits per heavy atom.